The highest BCUT2D eigenvalue weighted by Crippen LogP contribution is 2.55. The van der Waals surface area contributed by atoms with E-state index in [1.54, 1.807) is 86.0 Å². The SMILES string of the molecule is CS(=O)(=O)N1CCCC(C(O)c2c(C3CC3)ccn3cncc23)C1.O=C(NC1CC1)c1cccc(C(O)c2c(C3CC3)ccn3cncc23)c1.O=C(OCc1ccccc1)N1CCCC(C(O)c2c(C3CC3)ccn3cncc23)C1.OC(CC1CCCCC1)c1c([C@H]2C[C@H]2F)ccn2cncc12.OC(c1c([C@H]2C[C@@H]2F)ccn2cncc12)C1CCCCC1.OC(c1c([C@H]2C[C@H]2F)ccn2cncc12)C1CCCCC1. The quantitative estimate of drug-likeness (QED) is 0.0296. The molecule has 144 heavy (non-hydrogen) atoms. The van der Waals surface area contributed by atoms with Gasteiger partial charge < -0.3 is 72.0 Å². The minimum atomic E-state index is -3.22. The lowest BCUT2D eigenvalue weighted by molar-refractivity contribution is 0.0371. The molecule has 12 aliphatic rings. The number of aliphatic hydroxyl groups excluding tert-OH is 6. The molecule has 10 saturated carbocycles. The molecule has 10 aliphatic carbocycles. The number of piperidine rings is 2. The van der Waals surface area contributed by atoms with Gasteiger partial charge in [0.15, 0.2) is 0 Å². The molecule has 2 aliphatic heterocycles. The maximum Gasteiger partial charge on any atom is 0.410 e. The number of benzene rings is 2. The number of likely N-dealkylation sites (tertiary alicyclic amines) is 1. The molecule has 2 saturated heterocycles. The molecule has 2 amide bonds. The van der Waals surface area contributed by atoms with Crippen LogP contribution in [0.3, 0.4) is 0 Å². The summed E-state index contributed by atoms with van der Waals surface area (Å²) in [6.07, 6.45) is 61.2. The molecule has 760 valence electrons. The Hall–Kier alpha value is -11.2. The molecular formula is C114H136F3N15O11S. The number of rotatable bonds is 24. The Labute approximate surface area is 838 Å². The normalized spacial score (nSPS) is 23.8. The van der Waals surface area contributed by atoms with Gasteiger partial charge in [0.1, 0.15) is 31.2 Å². The van der Waals surface area contributed by atoms with Gasteiger partial charge in [0.2, 0.25) is 10.0 Å². The van der Waals surface area contributed by atoms with Crippen molar-refractivity contribution in [3.05, 3.63) is 287 Å². The Kier molecular flexibility index (Phi) is 29.8. The fourth-order valence-corrected chi connectivity index (χ4v) is 24.7. The van der Waals surface area contributed by atoms with Crippen molar-refractivity contribution in [2.24, 2.45) is 29.6 Å². The number of nitrogens with zero attached hydrogens (tertiary/aromatic N) is 14. The number of hydrogen-bond acceptors (Lipinski definition) is 17. The van der Waals surface area contributed by atoms with Crippen LogP contribution in [0.25, 0.3) is 33.1 Å². The summed E-state index contributed by atoms with van der Waals surface area (Å²) in [7, 11) is -3.22. The van der Waals surface area contributed by atoms with E-state index in [4.69, 9.17) is 4.74 Å². The van der Waals surface area contributed by atoms with Crippen LogP contribution in [0.1, 0.15) is 359 Å². The van der Waals surface area contributed by atoms with Gasteiger partial charge in [0.05, 0.1) is 145 Å². The molecule has 0 spiro atoms. The predicted octanol–water partition coefficient (Wildman–Crippen LogP) is 21.1. The maximum atomic E-state index is 13.6. The Balaban J connectivity index is 0.000000102. The Morgan fingerprint density at radius 1 is 0.403 bits per heavy atom. The average Bonchev–Trinajstić information content (AvgIpc) is 1.58. The van der Waals surface area contributed by atoms with Crippen LogP contribution in [0, 0.1) is 29.6 Å². The number of alkyl halides is 3. The summed E-state index contributed by atoms with van der Waals surface area (Å²) in [6.45, 7) is 2.38. The molecule has 14 heterocycles. The van der Waals surface area contributed by atoms with E-state index in [0.29, 0.717) is 92.6 Å². The van der Waals surface area contributed by atoms with Crippen LogP contribution in [0.2, 0.25) is 0 Å². The third-order valence-electron chi connectivity index (χ3n) is 32.7. The Bertz CT molecular complexity index is 6820. The number of aliphatic hydroxyl groups is 6. The van der Waals surface area contributed by atoms with Gasteiger partial charge in [-0.25, -0.2) is 60.6 Å². The van der Waals surface area contributed by atoms with E-state index in [1.807, 2.05) is 130 Å². The zero-order valence-corrected chi connectivity index (χ0v) is 83.0. The molecule has 0 radical (unpaired) electrons. The lowest BCUT2D eigenvalue weighted by atomic mass is 9.81. The summed E-state index contributed by atoms with van der Waals surface area (Å²) in [6, 6.07) is 29.6. The number of sulfonamides is 1. The van der Waals surface area contributed by atoms with Crippen molar-refractivity contribution in [1.82, 2.24) is 70.8 Å². The second kappa shape index (κ2) is 43.4. The van der Waals surface area contributed by atoms with Crippen molar-refractivity contribution in [3.63, 3.8) is 0 Å². The summed E-state index contributed by atoms with van der Waals surface area (Å²) in [4.78, 5) is 52.0. The van der Waals surface area contributed by atoms with E-state index in [9.17, 15) is 61.8 Å². The number of aromatic nitrogens is 12. The monoisotopic (exact) mass is 1980 g/mol. The van der Waals surface area contributed by atoms with Gasteiger partial charge in [-0.15, -0.1) is 0 Å². The van der Waals surface area contributed by atoms with E-state index in [1.165, 1.54) is 111 Å². The first kappa shape index (κ1) is 98.8. The number of halogens is 3. The van der Waals surface area contributed by atoms with E-state index < -0.39 is 65.2 Å². The fourth-order valence-electron chi connectivity index (χ4n) is 23.8. The number of imidazole rings is 6. The molecule has 30 heteroatoms. The second-order valence-corrected chi connectivity index (χ2v) is 45.1. The van der Waals surface area contributed by atoms with Gasteiger partial charge in [-0.05, 0) is 257 Å². The lowest BCUT2D eigenvalue weighted by Crippen LogP contribution is -2.42. The first-order valence-corrected chi connectivity index (χ1v) is 54.9. The standard InChI is InChI=1S/C24H27N3O3.C21H21N3O2.C18H23FN2O.2C17H21FN2O.C17H23N3O3S/c28-23(22-20(18-8-9-18)10-12-27-16-25-13-21(22)27)19-7-4-11-26(14-19)24(29)30-15-17-5-2-1-3-6-17;25-20(14-2-1-3-15(10-14)21(26)23-16-6-7-16)19-17(13-4-5-13)8-9-24-12-22-11-18(19)24;19-15-9-14(15)13-6-7-21-11-20-10-16(21)18(13)17(22)8-12-4-2-1-3-5-12;2*18-14-8-13(14)12-6-7-20-10-19-9-15(20)16(12)17(21)11-4-2-1-3-5-11;1-24(22,23)20-7-2-3-13(10-20)17(21)16-14(12-4-5-12)6-8-19-11-18-9-15(16)19/h1-3,5-6,10,12-13,16,18-19,23,28H,4,7-9,11,14-15H2;1-3,8-13,16,20,25H,4-7H2,(H,23,26);6-7,10-12,14-15,17,22H,1-5,8-9H2;2*6-7,9-11,13-14,17,21H,1-5,8H2;6,8-9,11-13,17,21H,2-5,7,10H2,1H3/t;;14-,15-,17?;13-,14+,17?;13-,14-,17?;/m..111./s1. The zero-order valence-electron chi connectivity index (χ0n) is 82.2. The van der Waals surface area contributed by atoms with Crippen molar-refractivity contribution in [1.29, 1.82) is 0 Å². The first-order chi connectivity index (χ1) is 70.1. The molecule has 2 aromatic carbocycles. The van der Waals surface area contributed by atoms with E-state index in [0.717, 1.165) is 191 Å². The van der Waals surface area contributed by atoms with Crippen LogP contribution in [-0.2, 0) is 21.4 Å². The van der Waals surface area contributed by atoms with Crippen molar-refractivity contribution in [3.8, 4) is 0 Å². The molecule has 12 fully saturated rings. The van der Waals surface area contributed by atoms with Crippen molar-refractivity contribution in [2.75, 3.05) is 32.4 Å². The Morgan fingerprint density at radius 2 is 0.764 bits per heavy atom. The third-order valence-corrected chi connectivity index (χ3v) is 34.0. The van der Waals surface area contributed by atoms with Crippen LogP contribution in [-0.4, -0.2) is 174 Å². The number of hydrogen-bond donors (Lipinski definition) is 7. The first-order valence-electron chi connectivity index (χ1n) is 53.1. The van der Waals surface area contributed by atoms with Gasteiger partial charge in [0, 0.05) is 138 Å². The van der Waals surface area contributed by atoms with Gasteiger partial charge in [0.25, 0.3) is 5.91 Å². The number of amides is 2. The maximum absolute atomic E-state index is 13.6. The third kappa shape index (κ3) is 22.4. The molecule has 14 aromatic rings. The van der Waals surface area contributed by atoms with Crippen molar-refractivity contribution in [2.45, 2.75) is 302 Å². The highest BCUT2D eigenvalue weighted by atomic mass is 32.2. The summed E-state index contributed by atoms with van der Waals surface area (Å²) in [5.74, 6) is 2.52. The number of fused-ring (bicyclic) bond motifs is 6. The molecule has 26 nitrogen and oxygen atoms in total. The van der Waals surface area contributed by atoms with Crippen LogP contribution >= 0.6 is 0 Å². The van der Waals surface area contributed by atoms with Crippen LogP contribution < -0.4 is 5.32 Å². The highest BCUT2D eigenvalue weighted by Gasteiger charge is 2.47. The van der Waals surface area contributed by atoms with E-state index in [-0.39, 0.29) is 48.2 Å². The van der Waals surface area contributed by atoms with Gasteiger partial charge in [-0.3, -0.25) is 4.79 Å². The molecule has 8 unspecified atom stereocenters. The predicted molar refractivity (Wildman–Crippen MR) is 544 cm³/mol. The molecular weight excluding hydrogens is 1840 g/mol. The summed E-state index contributed by atoms with van der Waals surface area (Å²) in [5, 5.41) is 69.5. The zero-order chi connectivity index (χ0) is 99.0. The number of carbonyl (C=O) groups excluding carboxylic acids is 2. The number of carbonyl (C=O) groups is 2. The lowest BCUT2D eigenvalue weighted by Gasteiger charge is -2.35. The number of nitrogens with one attached hydrogen (secondary N) is 1. The Morgan fingerprint density at radius 3 is 1.17 bits per heavy atom. The smallest absolute Gasteiger partial charge is 0.410 e. The van der Waals surface area contributed by atoms with E-state index in [2.05, 4.69) is 53.4 Å². The fraction of sp³-hybridized carbons (Fsp3) is 0.509. The molecule has 0 bridgehead atoms. The minimum absolute atomic E-state index is 0.0124. The summed E-state index contributed by atoms with van der Waals surface area (Å²) in [5.41, 5.74) is 20.1. The van der Waals surface area contributed by atoms with Crippen LogP contribution in [0.5, 0.6) is 0 Å². The van der Waals surface area contributed by atoms with Crippen LogP contribution in [0.4, 0.5) is 18.0 Å². The van der Waals surface area contributed by atoms with Gasteiger partial charge in [-0.2, -0.15) is 0 Å². The topological polar surface area (TPSA) is 321 Å². The minimum Gasteiger partial charge on any atom is -0.445 e. The van der Waals surface area contributed by atoms with Crippen LogP contribution in [0.15, 0.2) is 203 Å². The molecule has 7 N–H and O–H groups in total. The second-order valence-electron chi connectivity index (χ2n) is 43.1. The van der Waals surface area contributed by atoms with Crippen molar-refractivity contribution >= 4 is 55.1 Å². The largest absolute Gasteiger partial charge is 0.445 e. The molecule has 12 aromatic heterocycles. The average molecular weight is 1980 g/mol. The summed E-state index contributed by atoms with van der Waals surface area (Å²) < 4.78 is 83.1. The van der Waals surface area contributed by atoms with Gasteiger partial charge >= 0.3 is 6.09 Å². The number of ether oxygens (including phenoxy) is 1. The van der Waals surface area contributed by atoms with E-state index >= 15 is 0 Å². The molecule has 14 atom stereocenters. The summed E-state index contributed by atoms with van der Waals surface area (Å²) >= 11 is 0. The van der Waals surface area contributed by atoms with Gasteiger partial charge in [-0.1, -0.05) is 113 Å². The number of pyridine rings is 6. The molecule has 26 rings (SSSR count). The highest BCUT2D eigenvalue weighted by molar-refractivity contribution is 7.88. The van der Waals surface area contributed by atoms with Crippen molar-refractivity contribution < 1.29 is 66.6 Å².